The summed E-state index contributed by atoms with van der Waals surface area (Å²) in [6, 6.07) is 13.3. The van der Waals surface area contributed by atoms with Gasteiger partial charge in [0, 0.05) is 25.8 Å². The van der Waals surface area contributed by atoms with E-state index >= 15 is 0 Å². The van der Waals surface area contributed by atoms with E-state index in [0.29, 0.717) is 24.3 Å². The Bertz CT molecular complexity index is 1280. The standard InChI is InChI=1S/C25H23NO5/c1-4-20-21-11-12-23(31-16(3)29)25-18(6-5-13-27)14-22(26(21)25)24(20)17-7-9-19(10-8-17)30-15(2)28/h7-14H,4-6H2,1-3H3. The molecule has 31 heavy (non-hydrogen) atoms. The number of hydrogen-bond donors (Lipinski definition) is 0. The van der Waals surface area contributed by atoms with E-state index in [1.54, 1.807) is 12.1 Å². The molecule has 158 valence electrons. The van der Waals surface area contributed by atoms with Crippen molar-refractivity contribution in [1.82, 2.24) is 4.40 Å². The second-order valence-electron chi connectivity index (χ2n) is 7.45. The van der Waals surface area contributed by atoms with Gasteiger partial charge in [-0.2, -0.15) is 0 Å². The van der Waals surface area contributed by atoms with Crippen LogP contribution in [0.4, 0.5) is 0 Å². The number of esters is 2. The average molecular weight is 417 g/mol. The minimum atomic E-state index is -0.386. The summed E-state index contributed by atoms with van der Waals surface area (Å²) in [7, 11) is 0. The topological polar surface area (TPSA) is 74.1 Å². The SMILES string of the molecule is CCc1c(-c2ccc(OC(C)=O)cc2)c2cc(CCC=O)c3c(OC(C)=O)ccc1n23. The van der Waals surface area contributed by atoms with Crippen molar-refractivity contribution in [3.8, 4) is 22.6 Å². The number of ether oxygens (including phenoxy) is 2. The number of benzene rings is 1. The zero-order chi connectivity index (χ0) is 22.1. The van der Waals surface area contributed by atoms with E-state index in [-0.39, 0.29) is 11.9 Å². The van der Waals surface area contributed by atoms with E-state index in [1.165, 1.54) is 19.4 Å². The Hall–Kier alpha value is -3.67. The first-order valence-corrected chi connectivity index (χ1v) is 10.3. The predicted molar refractivity (Wildman–Crippen MR) is 118 cm³/mol. The Morgan fingerprint density at radius 2 is 1.68 bits per heavy atom. The van der Waals surface area contributed by atoms with Crippen LogP contribution in [0.5, 0.6) is 11.5 Å². The van der Waals surface area contributed by atoms with E-state index < -0.39 is 0 Å². The molecule has 0 saturated carbocycles. The molecule has 0 saturated heterocycles. The molecule has 0 aliphatic carbocycles. The smallest absolute Gasteiger partial charge is 0.308 e. The molecule has 6 heteroatoms. The molecule has 3 aromatic heterocycles. The molecule has 0 aliphatic rings. The molecule has 3 heterocycles. The lowest BCUT2D eigenvalue weighted by Crippen LogP contribution is -2.03. The number of carbonyl (C=O) groups is 3. The molecule has 0 atom stereocenters. The van der Waals surface area contributed by atoms with Crippen LogP contribution < -0.4 is 9.47 Å². The van der Waals surface area contributed by atoms with Crippen molar-refractivity contribution in [3.63, 3.8) is 0 Å². The number of aromatic nitrogens is 1. The van der Waals surface area contributed by atoms with Gasteiger partial charge in [-0.1, -0.05) is 19.1 Å². The van der Waals surface area contributed by atoms with Crippen LogP contribution in [0, 0.1) is 0 Å². The fourth-order valence-electron chi connectivity index (χ4n) is 4.27. The molecule has 0 fully saturated rings. The van der Waals surface area contributed by atoms with Gasteiger partial charge >= 0.3 is 11.9 Å². The number of nitrogens with zero attached hydrogens (tertiary/aromatic N) is 1. The fourth-order valence-corrected chi connectivity index (χ4v) is 4.27. The number of aryl methyl sites for hydroxylation is 2. The highest BCUT2D eigenvalue weighted by Crippen LogP contribution is 2.42. The molecule has 0 N–H and O–H groups in total. The maximum absolute atomic E-state index is 11.7. The molecule has 0 spiro atoms. The van der Waals surface area contributed by atoms with E-state index in [9.17, 15) is 14.4 Å². The first-order valence-electron chi connectivity index (χ1n) is 10.3. The minimum Gasteiger partial charge on any atom is -0.427 e. The lowest BCUT2D eigenvalue weighted by atomic mass is 9.99. The first kappa shape index (κ1) is 20.6. The number of rotatable bonds is 7. The van der Waals surface area contributed by atoms with Gasteiger partial charge in [-0.3, -0.25) is 9.59 Å². The lowest BCUT2D eigenvalue weighted by molar-refractivity contribution is -0.132. The van der Waals surface area contributed by atoms with Gasteiger partial charge < -0.3 is 18.7 Å². The third-order valence-electron chi connectivity index (χ3n) is 5.36. The van der Waals surface area contributed by atoms with E-state index in [2.05, 4.69) is 17.4 Å². The van der Waals surface area contributed by atoms with Crippen LogP contribution in [-0.2, 0) is 27.2 Å². The molecular formula is C25H23NO5. The quantitative estimate of drug-likeness (QED) is 0.247. The largest absolute Gasteiger partial charge is 0.427 e. The van der Waals surface area contributed by atoms with Crippen LogP contribution in [0.2, 0.25) is 0 Å². The molecular weight excluding hydrogens is 394 g/mol. The van der Waals surface area contributed by atoms with Crippen molar-refractivity contribution in [2.24, 2.45) is 0 Å². The number of aldehydes is 1. The zero-order valence-corrected chi connectivity index (χ0v) is 17.7. The molecule has 4 rings (SSSR count). The molecule has 1 aromatic carbocycles. The van der Waals surface area contributed by atoms with E-state index in [4.69, 9.17) is 9.47 Å². The van der Waals surface area contributed by atoms with Gasteiger partial charge in [-0.25, -0.2) is 0 Å². The van der Waals surface area contributed by atoms with Crippen LogP contribution in [0.3, 0.4) is 0 Å². The monoisotopic (exact) mass is 417 g/mol. The minimum absolute atomic E-state index is 0.361. The summed E-state index contributed by atoms with van der Waals surface area (Å²) < 4.78 is 12.8. The Kier molecular flexibility index (Phi) is 5.46. The van der Waals surface area contributed by atoms with E-state index in [0.717, 1.165) is 45.9 Å². The zero-order valence-electron chi connectivity index (χ0n) is 17.7. The van der Waals surface area contributed by atoms with Crippen molar-refractivity contribution in [1.29, 1.82) is 0 Å². The second kappa shape index (κ2) is 8.22. The Morgan fingerprint density at radius 1 is 0.968 bits per heavy atom. The van der Waals surface area contributed by atoms with Crippen molar-refractivity contribution in [3.05, 3.63) is 53.6 Å². The summed E-state index contributed by atoms with van der Waals surface area (Å²) in [5, 5.41) is 0. The number of carbonyl (C=O) groups excluding carboxylic acids is 3. The van der Waals surface area contributed by atoms with Gasteiger partial charge in [0.1, 0.15) is 12.0 Å². The third kappa shape index (κ3) is 3.65. The van der Waals surface area contributed by atoms with Crippen LogP contribution in [0.15, 0.2) is 42.5 Å². The average Bonchev–Trinajstić information content (AvgIpc) is 3.25. The highest BCUT2D eigenvalue weighted by atomic mass is 16.5. The van der Waals surface area contributed by atoms with Crippen LogP contribution >= 0.6 is 0 Å². The highest BCUT2D eigenvalue weighted by Gasteiger charge is 2.23. The summed E-state index contributed by atoms with van der Waals surface area (Å²) in [6.45, 7) is 4.86. The van der Waals surface area contributed by atoms with Crippen molar-refractivity contribution in [2.75, 3.05) is 0 Å². The Labute approximate surface area is 179 Å². The molecule has 0 radical (unpaired) electrons. The molecule has 0 aliphatic heterocycles. The number of pyridine rings is 1. The molecule has 0 bridgehead atoms. The number of hydrogen-bond acceptors (Lipinski definition) is 5. The maximum atomic E-state index is 11.7. The summed E-state index contributed by atoms with van der Waals surface area (Å²) in [5.41, 5.74) is 7.08. The van der Waals surface area contributed by atoms with Crippen molar-refractivity contribution in [2.45, 2.75) is 40.0 Å². The molecule has 6 nitrogen and oxygen atoms in total. The first-order chi connectivity index (χ1) is 14.9. The molecule has 4 aromatic rings. The third-order valence-corrected chi connectivity index (χ3v) is 5.36. The van der Waals surface area contributed by atoms with Gasteiger partial charge in [0.2, 0.25) is 0 Å². The molecule has 0 unspecified atom stereocenters. The summed E-state index contributed by atoms with van der Waals surface area (Å²) in [4.78, 5) is 33.9. The van der Waals surface area contributed by atoms with Crippen molar-refractivity contribution < 1.29 is 23.9 Å². The Morgan fingerprint density at radius 3 is 2.29 bits per heavy atom. The van der Waals surface area contributed by atoms with Gasteiger partial charge in [0.15, 0.2) is 5.75 Å². The van der Waals surface area contributed by atoms with Gasteiger partial charge in [-0.05, 0) is 59.9 Å². The summed E-state index contributed by atoms with van der Waals surface area (Å²) in [6.07, 6.45) is 2.66. The maximum Gasteiger partial charge on any atom is 0.308 e. The fraction of sp³-hybridized carbons (Fsp3) is 0.240. The normalized spacial score (nSPS) is 11.2. The van der Waals surface area contributed by atoms with E-state index in [1.807, 2.05) is 24.3 Å². The van der Waals surface area contributed by atoms with Crippen LogP contribution in [0.25, 0.3) is 27.7 Å². The predicted octanol–water partition coefficient (Wildman–Crippen LogP) is 4.74. The van der Waals surface area contributed by atoms with Gasteiger partial charge in [-0.15, -0.1) is 0 Å². The Balaban J connectivity index is 1.96. The van der Waals surface area contributed by atoms with Gasteiger partial charge in [0.25, 0.3) is 0 Å². The molecule has 0 amide bonds. The van der Waals surface area contributed by atoms with Gasteiger partial charge in [0.05, 0.1) is 16.6 Å². The van der Waals surface area contributed by atoms with Crippen LogP contribution in [0.1, 0.15) is 38.3 Å². The highest BCUT2D eigenvalue weighted by molar-refractivity contribution is 5.98. The van der Waals surface area contributed by atoms with Crippen LogP contribution in [-0.4, -0.2) is 22.6 Å². The lowest BCUT2D eigenvalue weighted by Gasteiger charge is -2.09. The second-order valence-corrected chi connectivity index (χ2v) is 7.45. The van der Waals surface area contributed by atoms with Crippen molar-refractivity contribution >= 4 is 34.8 Å². The summed E-state index contributed by atoms with van der Waals surface area (Å²) >= 11 is 0. The summed E-state index contributed by atoms with van der Waals surface area (Å²) in [5.74, 6) is 0.239.